The molecule has 1 heterocycles. The Kier molecular flexibility index (Phi) is 3.31. The number of aliphatic hydroxyl groups is 1. The molecule has 0 fully saturated rings. The van der Waals surface area contributed by atoms with E-state index in [1.807, 2.05) is 4.57 Å². The second-order valence-electron chi connectivity index (χ2n) is 3.84. The zero-order chi connectivity index (χ0) is 11.4. The summed E-state index contributed by atoms with van der Waals surface area (Å²) >= 11 is 0. The van der Waals surface area contributed by atoms with Gasteiger partial charge in [0.2, 0.25) is 0 Å². The van der Waals surface area contributed by atoms with Crippen molar-refractivity contribution in [3.05, 3.63) is 47.5 Å². The molecule has 1 aromatic heterocycles. The fraction of sp³-hybridized carbons (Fsp3) is 0.333. The first-order valence-electron chi connectivity index (χ1n) is 5.32. The van der Waals surface area contributed by atoms with Gasteiger partial charge in [0.25, 0.3) is 0 Å². The van der Waals surface area contributed by atoms with Gasteiger partial charge in [-0.3, -0.25) is 0 Å². The monoisotopic (exact) mass is 217 g/mol. The van der Waals surface area contributed by atoms with E-state index in [2.05, 4.69) is 41.4 Å². The van der Waals surface area contributed by atoms with Crippen LogP contribution in [0, 0.1) is 6.92 Å². The SMILES string of the molecule is Cc1cccc(CCn2cnnc2CO)c1. The summed E-state index contributed by atoms with van der Waals surface area (Å²) in [5.74, 6) is 0.618. The molecule has 2 rings (SSSR count). The Balaban J connectivity index is 2.02. The maximum atomic E-state index is 9.03. The van der Waals surface area contributed by atoms with Crippen molar-refractivity contribution in [1.82, 2.24) is 14.8 Å². The highest BCUT2D eigenvalue weighted by Crippen LogP contribution is 2.06. The first-order valence-corrected chi connectivity index (χ1v) is 5.32. The van der Waals surface area contributed by atoms with Crippen LogP contribution in [-0.2, 0) is 19.6 Å². The third kappa shape index (κ3) is 2.46. The van der Waals surface area contributed by atoms with E-state index in [1.165, 1.54) is 11.1 Å². The Morgan fingerprint density at radius 1 is 1.38 bits per heavy atom. The molecule has 84 valence electrons. The number of rotatable bonds is 4. The van der Waals surface area contributed by atoms with E-state index in [9.17, 15) is 0 Å². The fourth-order valence-electron chi connectivity index (χ4n) is 1.71. The molecule has 1 aromatic carbocycles. The van der Waals surface area contributed by atoms with Gasteiger partial charge in [-0.2, -0.15) is 0 Å². The van der Waals surface area contributed by atoms with Crippen LogP contribution in [0.2, 0.25) is 0 Å². The molecular weight excluding hydrogens is 202 g/mol. The molecule has 1 N–H and O–H groups in total. The van der Waals surface area contributed by atoms with Crippen molar-refractivity contribution in [1.29, 1.82) is 0 Å². The molecule has 0 bridgehead atoms. The summed E-state index contributed by atoms with van der Waals surface area (Å²) in [7, 11) is 0. The topological polar surface area (TPSA) is 50.9 Å². The lowest BCUT2D eigenvalue weighted by atomic mass is 10.1. The fourth-order valence-corrected chi connectivity index (χ4v) is 1.71. The Hall–Kier alpha value is -1.68. The summed E-state index contributed by atoms with van der Waals surface area (Å²) in [6, 6.07) is 8.42. The number of nitrogens with zero attached hydrogens (tertiary/aromatic N) is 3. The van der Waals surface area contributed by atoms with Crippen molar-refractivity contribution in [3.63, 3.8) is 0 Å². The Morgan fingerprint density at radius 3 is 3.00 bits per heavy atom. The van der Waals surface area contributed by atoms with Crippen molar-refractivity contribution >= 4 is 0 Å². The molecule has 0 aliphatic rings. The average Bonchev–Trinajstić information content (AvgIpc) is 2.74. The van der Waals surface area contributed by atoms with Gasteiger partial charge in [-0.25, -0.2) is 0 Å². The molecule has 0 saturated carbocycles. The van der Waals surface area contributed by atoms with Crippen LogP contribution in [-0.4, -0.2) is 19.9 Å². The largest absolute Gasteiger partial charge is 0.388 e. The van der Waals surface area contributed by atoms with Crippen LogP contribution in [0.25, 0.3) is 0 Å². The summed E-state index contributed by atoms with van der Waals surface area (Å²) < 4.78 is 1.88. The van der Waals surface area contributed by atoms with Gasteiger partial charge in [0.1, 0.15) is 12.9 Å². The van der Waals surface area contributed by atoms with Crippen molar-refractivity contribution in [3.8, 4) is 0 Å². The van der Waals surface area contributed by atoms with Crippen LogP contribution in [0.1, 0.15) is 17.0 Å². The Labute approximate surface area is 94.6 Å². The maximum absolute atomic E-state index is 9.03. The molecule has 2 aromatic rings. The van der Waals surface area contributed by atoms with Crippen LogP contribution >= 0.6 is 0 Å². The Morgan fingerprint density at radius 2 is 2.25 bits per heavy atom. The van der Waals surface area contributed by atoms with Gasteiger partial charge < -0.3 is 9.67 Å². The summed E-state index contributed by atoms with van der Waals surface area (Å²) in [5.41, 5.74) is 2.56. The quantitative estimate of drug-likeness (QED) is 0.840. The van der Waals surface area contributed by atoms with Gasteiger partial charge in [-0.1, -0.05) is 29.8 Å². The molecule has 0 spiro atoms. The summed E-state index contributed by atoms with van der Waals surface area (Å²) in [6.07, 6.45) is 2.58. The van der Waals surface area contributed by atoms with E-state index >= 15 is 0 Å². The average molecular weight is 217 g/mol. The first-order chi connectivity index (χ1) is 7.79. The molecular formula is C12H15N3O. The molecule has 0 aliphatic heterocycles. The molecule has 4 heteroatoms. The van der Waals surface area contributed by atoms with Crippen molar-refractivity contribution in [2.75, 3.05) is 0 Å². The zero-order valence-corrected chi connectivity index (χ0v) is 9.30. The lowest BCUT2D eigenvalue weighted by Gasteiger charge is -2.05. The highest BCUT2D eigenvalue weighted by atomic mass is 16.3. The van der Waals surface area contributed by atoms with Gasteiger partial charge in [0, 0.05) is 6.54 Å². The Bertz CT molecular complexity index is 465. The smallest absolute Gasteiger partial charge is 0.158 e. The minimum atomic E-state index is -0.0617. The van der Waals surface area contributed by atoms with E-state index in [1.54, 1.807) is 6.33 Å². The normalized spacial score (nSPS) is 10.6. The highest BCUT2D eigenvalue weighted by molar-refractivity contribution is 5.22. The number of hydrogen-bond acceptors (Lipinski definition) is 3. The number of aliphatic hydroxyl groups excluding tert-OH is 1. The van der Waals surface area contributed by atoms with Crippen molar-refractivity contribution in [2.24, 2.45) is 0 Å². The third-order valence-corrected chi connectivity index (χ3v) is 2.56. The van der Waals surface area contributed by atoms with Gasteiger partial charge in [0.05, 0.1) is 0 Å². The van der Waals surface area contributed by atoms with Crippen LogP contribution in [0.15, 0.2) is 30.6 Å². The summed E-state index contributed by atoms with van der Waals surface area (Å²) in [6.45, 7) is 2.82. The van der Waals surface area contributed by atoms with Gasteiger partial charge in [-0.15, -0.1) is 10.2 Å². The van der Waals surface area contributed by atoms with Crippen molar-refractivity contribution in [2.45, 2.75) is 26.5 Å². The predicted octanol–water partition coefficient (Wildman–Crippen LogP) is 1.32. The lowest BCUT2D eigenvalue weighted by Crippen LogP contribution is -2.05. The minimum absolute atomic E-state index is 0.0617. The number of hydrogen-bond donors (Lipinski definition) is 1. The molecule has 0 unspecified atom stereocenters. The zero-order valence-electron chi connectivity index (χ0n) is 9.30. The van der Waals surface area contributed by atoms with Gasteiger partial charge in [-0.05, 0) is 18.9 Å². The van der Waals surface area contributed by atoms with Crippen LogP contribution in [0.3, 0.4) is 0 Å². The first kappa shape index (κ1) is 10.8. The third-order valence-electron chi connectivity index (χ3n) is 2.56. The maximum Gasteiger partial charge on any atom is 0.158 e. The second-order valence-corrected chi connectivity index (χ2v) is 3.84. The molecule has 0 amide bonds. The molecule has 0 saturated heterocycles. The van der Waals surface area contributed by atoms with Gasteiger partial charge >= 0.3 is 0 Å². The van der Waals surface area contributed by atoms with E-state index < -0.39 is 0 Å². The number of benzene rings is 1. The standard InChI is InChI=1S/C12H15N3O/c1-10-3-2-4-11(7-10)5-6-15-9-13-14-12(15)8-16/h2-4,7,9,16H,5-6,8H2,1H3. The second kappa shape index (κ2) is 4.90. The van der Waals surface area contributed by atoms with E-state index in [4.69, 9.17) is 5.11 Å². The molecule has 16 heavy (non-hydrogen) atoms. The minimum Gasteiger partial charge on any atom is -0.388 e. The van der Waals surface area contributed by atoms with E-state index in [0.717, 1.165) is 13.0 Å². The number of aryl methyl sites for hydroxylation is 3. The van der Waals surface area contributed by atoms with Crippen molar-refractivity contribution < 1.29 is 5.11 Å². The predicted molar refractivity (Wildman–Crippen MR) is 60.8 cm³/mol. The molecule has 0 radical (unpaired) electrons. The van der Waals surface area contributed by atoms with Gasteiger partial charge in [0.15, 0.2) is 5.82 Å². The summed E-state index contributed by atoms with van der Waals surface area (Å²) in [5, 5.41) is 16.6. The van der Waals surface area contributed by atoms with Crippen LogP contribution in [0.5, 0.6) is 0 Å². The van der Waals surface area contributed by atoms with E-state index in [-0.39, 0.29) is 6.61 Å². The van der Waals surface area contributed by atoms with Crippen LogP contribution < -0.4 is 0 Å². The van der Waals surface area contributed by atoms with Crippen LogP contribution in [0.4, 0.5) is 0 Å². The highest BCUT2D eigenvalue weighted by Gasteiger charge is 2.02. The summed E-state index contributed by atoms with van der Waals surface area (Å²) in [4.78, 5) is 0. The molecule has 0 atom stereocenters. The number of aromatic nitrogens is 3. The molecule has 4 nitrogen and oxygen atoms in total. The lowest BCUT2D eigenvalue weighted by molar-refractivity contribution is 0.264. The molecule has 0 aliphatic carbocycles. The van der Waals surface area contributed by atoms with E-state index in [0.29, 0.717) is 5.82 Å².